The molecule has 0 radical (unpaired) electrons. The second-order valence-corrected chi connectivity index (χ2v) is 6.52. The van der Waals surface area contributed by atoms with Gasteiger partial charge in [-0.25, -0.2) is 4.79 Å². The van der Waals surface area contributed by atoms with E-state index in [1.807, 2.05) is 43.3 Å². The number of carbonyl (C=O) groups excluding carboxylic acids is 1. The van der Waals surface area contributed by atoms with Crippen molar-refractivity contribution in [3.63, 3.8) is 0 Å². The first-order chi connectivity index (χ1) is 12.6. The van der Waals surface area contributed by atoms with Crippen LogP contribution < -0.4 is 5.63 Å². The summed E-state index contributed by atoms with van der Waals surface area (Å²) < 4.78 is 11.2. The van der Waals surface area contributed by atoms with Gasteiger partial charge in [0.05, 0.1) is 24.6 Å². The molecule has 1 aromatic heterocycles. The van der Waals surface area contributed by atoms with Gasteiger partial charge in [0.25, 0.3) is 5.91 Å². The number of ether oxygens (including phenoxy) is 1. The maximum absolute atomic E-state index is 13.0. The Hall–Kier alpha value is -2.92. The molecule has 5 nitrogen and oxygen atoms in total. The van der Waals surface area contributed by atoms with Crippen LogP contribution in [0.3, 0.4) is 0 Å². The quantitative estimate of drug-likeness (QED) is 0.711. The fourth-order valence-corrected chi connectivity index (χ4v) is 3.29. The third-order valence-corrected chi connectivity index (χ3v) is 4.75. The molecule has 1 aliphatic rings. The van der Waals surface area contributed by atoms with Gasteiger partial charge in [0.2, 0.25) is 0 Å². The topological polar surface area (TPSA) is 59.8 Å². The van der Waals surface area contributed by atoms with E-state index in [1.54, 1.807) is 29.2 Å². The SMILES string of the molecule is C[C@@H]1CO[C@@H](c2ccccc2)CN1C(=O)c1cc2ccccc2c(=O)o1. The van der Waals surface area contributed by atoms with Gasteiger partial charge in [-0.05, 0) is 30.0 Å². The predicted octanol–water partition coefficient (Wildman–Crippen LogP) is 3.40. The van der Waals surface area contributed by atoms with Crippen LogP contribution in [-0.2, 0) is 4.74 Å². The van der Waals surface area contributed by atoms with Crippen molar-refractivity contribution in [1.29, 1.82) is 0 Å². The van der Waals surface area contributed by atoms with Gasteiger partial charge in [0, 0.05) is 0 Å². The Balaban J connectivity index is 1.65. The second-order valence-electron chi connectivity index (χ2n) is 6.52. The molecule has 0 N–H and O–H groups in total. The van der Waals surface area contributed by atoms with Gasteiger partial charge in [0.15, 0.2) is 5.76 Å². The predicted molar refractivity (Wildman–Crippen MR) is 98.1 cm³/mol. The van der Waals surface area contributed by atoms with E-state index in [0.29, 0.717) is 23.9 Å². The lowest BCUT2D eigenvalue weighted by atomic mass is 10.1. The van der Waals surface area contributed by atoms with Crippen LogP contribution in [0, 0.1) is 0 Å². The summed E-state index contributed by atoms with van der Waals surface area (Å²) in [5.74, 6) is -0.223. The molecule has 0 unspecified atom stereocenters. The van der Waals surface area contributed by atoms with Crippen LogP contribution in [0.15, 0.2) is 69.9 Å². The van der Waals surface area contributed by atoms with E-state index in [2.05, 4.69) is 0 Å². The molecular formula is C21H19NO4. The fourth-order valence-electron chi connectivity index (χ4n) is 3.29. The minimum atomic E-state index is -0.494. The number of morpholine rings is 1. The summed E-state index contributed by atoms with van der Waals surface area (Å²) in [6, 6.07) is 18.5. The molecule has 1 fully saturated rings. The normalized spacial score (nSPS) is 20.3. The van der Waals surface area contributed by atoms with Crippen molar-refractivity contribution in [3.8, 4) is 0 Å². The van der Waals surface area contributed by atoms with E-state index in [1.165, 1.54) is 0 Å². The van der Waals surface area contributed by atoms with Crippen molar-refractivity contribution in [2.45, 2.75) is 19.1 Å². The monoisotopic (exact) mass is 349 g/mol. The molecule has 1 amide bonds. The van der Waals surface area contributed by atoms with Crippen LogP contribution >= 0.6 is 0 Å². The molecule has 2 heterocycles. The van der Waals surface area contributed by atoms with E-state index in [4.69, 9.17) is 9.15 Å². The second kappa shape index (κ2) is 6.77. The van der Waals surface area contributed by atoms with Crippen LogP contribution in [0.1, 0.15) is 29.1 Å². The molecule has 5 heteroatoms. The summed E-state index contributed by atoms with van der Waals surface area (Å²) in [5, 5.41) is 1.17. The Kier molecular flexibility index (Phi) is 4.31. The van der Waals surface area contributed by atoms with E-state index >= 15 is 0 Å². The maximum Gasteiger partial charge on any atom is 0.344 e. The van der Waals surface area contributed by atoms with Gasteiger partial charge in [-0.1, -0.05) is 48.5 Å². The molecule has 132 valence electrons. The average molecular weight is 349 g/mol. The van der Waals surface area contributed by atoms with Gasteiger partial charge in [-0.15, -0.1) is 0 Å². The molecule has 1 saturated heterocycles. The molecule has 0 bridgehead atoms. The Morgan fingerprint density at radius 3 is 2.62 bits per heavy atom. The Labute approximate surface area is 150 Å². The van der Waals surface area contributed by atoms with Crippen molar-refractivity contribution in [2.75, 3.05) is 13.2 Å². The number of hydrogen-bond donors (Lipinski definition) is 0. The Morgan fingerprint density at radius 2 is 1.81 bits per heavy atom. The first kappa shape index (κ1) is 16.5. The minimum absolute atomic E-state index is 0.0641. The third kappa shape index (κ3) is 3.02. The molecule has 4 rings (SSSR count). The number of carbonyl (C=O) groups is 1. The average Bonchev–Trinajstić information content (AvgIpc) is 2.68. The van der Waals surface area contributed by atoms with Gasteiger partial charge < -0.3 is 14.1 Å². The highest BCUT2D eigenvalue weighted by atomic mass is 16.5. The lowest BCUT2D eigenvalue weighted by Crippen LogP contribution is -2.48. The minimum Gasteiger partial charge on any atom is -0.417 e. The largest absolute Gasteiger partial charge is 0.417 e. The molecule has 3 aromatic rings. The number of nitrogens with zero attached hydrogens (tertiary/aromatic N) is 1. The van der Waals surface area contributed by atoms with Gasteiger partial charge >= 0.3 is 5.63 Å². The zero-order chi connectivity index (χ0) is 18.1. The summed E-state index contributed by atoms with van der Waals surface area (Å²) in [6.45, 7) is 2.78. The van der Waals surface area contributed by atoms with Gasteiger partial charge in [-0.2, -0.15) is 0 Å². The van der Waals surface area contributed by atoms with E-state index in [9.17, 15) is 9.59 Å². The molecule has 2 atom stereocenters. The highest BCUT2D eigenvalue weighted by molar-refractivity contribution is 5.95. The first-order valence-electron chi connectivity index (χ1n) is 8.64. The number of amides is 1. The summed E-state index contributed by atoms with van der Waals surface area (Å²) in [7, 11) is 0. The first-order valence-corrected chi connectivity index (χ1v) is 8.64. The molecule has 0 spiro atoms. The van der Waals surface area contributed by atoms with Crippen LogP contribution in [-0.4, -0.2) is 30.0 Å². The van der Waals surface area contributed by atoms with E-state index < -0.39 is 5.63 Å². The number of hydrogen-bond acceptors (Lipinski definition) is 4. The summed E-state index contributed by atoms with van der Waals surface area (Å²) >= 11 is 0. The highest BCUT2D eigenvalue weighted by Crippen LogP contribution is 2.26. The van der Waals surface area contributed by atoms with Crippen molar-refractivity contribution in [1.82, 2.24) is 4.90 Å². The highest BCUT2D eigenvalue weighted by Gasteiger charge is 2.32. The zero-order valence-corrected chi connectivity index (χ0v) is 14.4. The third-order valence-electron chi connectivity index (χ3n) is 4.75. The van der Waals surface area contributed by atoms with E-state index in [-0.39, 0.29) is 23.8 Å². The fraction of sp³-hybridized carbons (Fsp3) is 0.238. The molecule has 2 aromatic carbocycles. The van der Waals surface area contributed by atoms with Crippen molar-refractivity contribution < 1.29 is 13.9 Å². The summed E-state index contributed by atoms with van der Waals surface area (Å²) in [4.78, 5) is 26.9. The van der Waals surface area contributed by atoms with Crippen molar-refractivity contribution in [3.05, 3.63) is 82.4 Å². The van der Waals surface area contributed by atoms with Crippen LogP contribution in [0.25, 0.3) is 10.8 Å². The van der Waals surface area contributed by atoms with Crippen LogP contribution in [0.5, 0.6) is 0 Å². The van der Waals surface area contributed by atoms with E-state index in [0.717, 1.165) is 5.56 Å². The number of rotatable bonds is 2. The standard InChI is InChI=1S/C21H19NO4/c1-14-13-25-19(15-7-3-2-4-8-15)12-22(14)20(23)18-11-16-9-5-6-10-17(16)21(24)26-18/h2-11,14,19H,12-13H2,1H3/t14-,19-/m1/s1. The molecule has 1 aliphatic heterocycles. The van der Waals surface area contributed by atoms with Crippen molar-refractivity contribution in [2.24, 2.45) is 0 Å². The zero-order valence-electron chi connectivity index (χ0n) is 14.4. The van der Waals surface area contributed by atoms with Crippen LogP contribution in [0.4, 0.5) is 0 Å². The lowest BCUT2D eigenvalue weighted by molar-refractivity contribution is -0.0496. The molecule has 0 aliphatic carbocycles. The summed E-state index contributed by atoms with van der Waals surface area (Å²) in [5.41, 5.74) is 0.532. The Bertz CT molecular complexity index is 996. The Morgan fingerprint density at radius 1 is 1.08 bits per heavy atom. The number of fused-ring (bicyclic) bond motifs is 1. The molecule has 0 saturated carbocycles. The maximum atomic E-state index is 13.0. The molecular weight excluding hydrogens is 330 g/mol. The molecule has 26 heavy (non-hydrogen) atoms. The van der Waals surface area contributed by atoms with Gasteiger partial charge in [-0.3, -0.25) is 4.79 Å². The lowest BCUT2D eigenvalue weighted by Gasteiger charge is -2.37. The van der Waals surface area contributed by atoms with Gasteiger partial charge in [0.1, 0.15) is 6.10 Å². The van der Waals surface area contributed by atoms with Crippen LogP contribution in [0.2, 0.25) is 0 Å². The number of benzene rings is 2. The smallest absolute Gasteiger partial charge is 0.344 e. The van der Waals surface area contributed by atoms with Crippen molar-refractivity contribution >= 4 is 16.7 Å². The summed E-state index contributed by atoms with van der Waals surface area (Å²) in [6.07, 6.45) is -0.191.